The summed E-state index contributed by atoms with van der Waals surface area (Å²) in [5.74, 6) is 0.0664. The Labute approximate surface area is 126 Å². The number of anilines is 1. The first-order valence-electron chi connectivity index (χ1n) is 6.15. The van der Waals surface area contributed by atoms with E-state index in [4.69, 9.17) is 9.15 Å². The normalized spacial score (nSPS) is 13.6. The van der Waals surface area contributed by atoms with E-state index in [1.54, 1.807) is 19.1 Å². The van der Waals surface area contributed by atoms with Crippen molar-refractivity contribution in [1.29, 1.82) is 0 Å². The number of benzene rings is 1. The topological polar surface area (TPSA) is 51.5 Å². The van der Waals surface area contributed by atoms with Gasteiger partial charge in [0.25, 0.3) is 0 Å². The van der Waals surface area contributed by atoms with Crippen molar-refractivity contribution in [2.45, 2.75) is 19.4 Å². The summed E-state index contributed by atoms with van der Waals surface area (Å²) in [6, 6.07) is 11.2. The predicted octanol–water partition coefficient (Wildman–Crippen LogP) is 3.85. The fraction of sp³-hybridized carbons (Fsp3) is 0.267. The number of aryl methyl sites for hydroxylation is 1. The van der Waals surface area contributed by atoms with E-state index in [9.17, 15) is 4.79 Å². The molecule has 1 unspecified atom stereocenters. The molecule has 4 nitrogen and oxygen atoms in total. The Kier molecular flexibility index (Phi) is 4.18. The number of rotatable bonds is 4. The Morgan fingerprint density at radius 1 is 1.25 bits per heavy atom. The number of methoxy groups -OCH3 is 1. The number of esters is 1. The molecule has 0 aliphatic carbocycles. The summed E-state index contributed by atoms with van der Waals surface area (Å²) < 4.78 is 11.0. The van der Waals surface area contributed by atoms with Gasteiger partial charge in [-0.3, -0.25) is 0 Å². The van der Waals surface area contributed by atoms with Crippen LogP contribution in [-0.4, -0.2) is 13.1 Å². The second-order valence-corrected chi connectivity index (χ2v) is 5.49. The van der Waals surface area contributed by atoms with Crippen molar-refractivity contribution in [1.82, 2.24) is 0 Å². The van der Waals surface area contributed by atoms with E-state index in [-0.39, 0.29) is 0 Å². The largest absolute Gasteiger partial charge is 0.467 e. The summed E-state index contributed by atoms with van der Waals surface area (Å²) in [7, 11) is 1.36. The van der Waals surface area contributed by atoms with E-state index >= 15 is 0 Å². The molecule has 0 saturated carbocycles. The standard InChI is InChI=1S/C15H16BrNO3/c1-10-4-6-11(7-5-10)17-15(2,14(18)19-3)12-8-9-13(16)20-12/h4-9,17H,1-3H3. The van der Waals surface area contributed by atoms with E-state index in [0.29, 0.717) is 10.4 Å². The van der Waals surface area contributed by atoms with Gasteiger partial charge < -0.3 is 14.5 Å². The van der Waals surface area contributed by atoms with Gasteiger partial charge in [0.1, 0.15) is 5.76 Å². The molecule has 1 N–H and O–H groups in total. The molecule has 0 aliphatic rings. The number of hydrogen-bond acceptors (Lipinski definition) is 4. The number of halogens is 1. The quantitative estimate of drug-likeness (QED) is 0.861. The van der Waals surface area contributed by atoms with E-state index in [2.05, 4.69) is 21.2 Å². The Balaban J connectivity index is 2.37. The van der Waals surface area contributed by atoms with Crippen LogP contribution in [0.4, 0.5) is 5.69 Å². The van der Waals surface area contributed by atoms with Gasteiger partial charge in [-0.15, -0.1) is 0 Å². The van der Waals surface area contributed by atoms with Crippen LogP contribution in [0.25, 0.3) is 0 Å². The van der Waals surface area contributed by atoms with Gasteiger partial charge in [0.15, 0.2) is 10.2 Å². The van der Waals surface area contributed by atoms with Crippen molar-refractivity contribution < 1.29 is 13.9 Å². The van der Waals surface area contributed by atoms with Crippen LogP contribution in [0.5, 0.6) is 0 Å². The average molecular weight is 338 g/mol. The van der Waals surface area contributed by atoms with Crippen LogP contribution < -0.4 is 5.32 Å². The molecule has 0 saturated heterocycles. The van der Waals surface area contributed by atoms with Gasteiger partial charge in [0.2, 0.25) is 0 Å². The summed E-state index contributed by atoms with van der Waals surface area (Å²) in [5.41, 5.74) is 0.878. The lowest BCUT2D eigenvalue weighted by Crippen LogP contribution is -2.41. The molecule has 20 heavy (non-hydrogen) atoms. The van der Waals surface area contributed by atoms with Crippen LogP contribution in [0.2, 0.25) is 0 Å². The maximum Gasteiger partial charge on any atom is 0.339 e. The third kappa shape index (κ3) is 2.88. The third-order valence-corrected chi connectivity index (χ3v) is 3.53. The highest BCUT2D eigenvalue weighted by molar-refractivity contribution is 9.10. The molecular formula is C15H16BrNO3. The summed E-state index contributed by atoms with van der Waals surface area (Å²) in [6.45, 7) is 3.73. The Hall–Kier alpha value is -1.75. The van der Waals surface area contributed by atoms with Crippen molar-refractivity contribution in [2.75, 3.05) is 12.4 Å². The van der Waals surface area contributed by atoms with Crippen LogP contribution in [0.1, 0.15) is 18.2 Å². The van der Waals surface area contributed by atoms with Crippen molar-refractivity contribution in [3.05, 3.63) is 52.4 Å². The number of hydrogen-bond donors (Lipinski definition) is 1. The molecule has 5 heteroatoms. The summed E-state index contributed by atoms with van der Waals surface area (Å²) in [5, 5.41) is 3.17. The molecule has 1 aromatic carbocycles. The molecule has 1 atom stereocenters. The monoisotopic (exact) mass is 337 g/mol. The second kappa shape index (κ2) is 5.71. The molecule has 0 bridgehead atoms. The first kappa shape index (κ1) is 14.7. The molecule has 0 fully saturated rings. The molecule has 2 aromatic rings. The molecule has 0 aliphatic heterocycles. The van der Waals surface area contributed by atoms with Gasteiger partial charge in [0, 0.05) is 5.69 Å². The fourth-order valence-electron chi connectivity index (χ4n) is 1.93. The van der Waals surface area contributed by atoms with Crippen molar-refractivity contribution in [2.24, 2.45) is 0 Å². The smallest absolute Gasteiger partial charge is 0.339 e. The summed E-state index contributed by atoms with van der Waals surface area (Å²) >= 11 is 3.24. The lowest BCUT2D eigenvalue weighted by molar-refractivity contribution is -0.146. The Bertz CT molecular complexity index is 606. The average Bonchev–Trinajstić information content (AvgIpc) is 2.87. The van der Waals surface area contributed by atoms with Crippen LogP contribution >= 0.6 is 15.9 Å². The van der Waals surface area contributed by atoms with Crippen LogP contribution in [0.3, 0.4) is 0 Å². The van der Waals surface area contributed by atoms with Crippen molar-refractivity contribution in [3.8, 4) is 0 Å². The van der Waals surface area contributed by atoms with Crippen molar-refractivity contribution >= 4 is 27.6 Å². The maximum atomic E-state index is 12.2. The van der Waals surface area contributed by atoms with Gasteiger partial charge in [-0.05, 0) is 54.0 Å². The fourth-order valence-corrected chi connectivity index (χ4v) is 2.23. The molecule has 2 rings (SSSR count). The molecule has 0 amide bonds. The summed E-state index contributed by atoms with van der Waals surface area (Å²) in [6.07, 6.45) is 0. The SMILES string of the molecule is COC(=O)C(C)(Nc1ccc(C)cc1)c1ccc(Br)o1. The van der Waals surface area contributed by atoms with Gasteiger partial charge in [0.05, 0.1) is 7.11 Å². The molecule has 106 valence electrons. The zero-order chi connectivity index (χ0) is 14.8. The van der Waals surface area contributed by atoms with E-state index in [1.807, 2.05) is 31.2 Å². The first-order valence-corrected chi connectivity index (χ1v) is 6.94. The zero-order valence-corrected chi connectivity index (χ0v) is 13.2. The minimum absolute atomic E-state index is 0.417. The minimum atomic E-state index is -1.09. The maximum absolute atomic E-state index is 12.2. The van der Waals surface area contributed by atoms with Gasteiger partial charge in [-0.25, -0.2) is 4.79 Å². The van der Waals surface area contributed by atoms with Gasteiger partial charge in [-0.1, -0.05) is 17.7 Å². The highest BCUT2D eigenvalue weighted by Crippen LogP contribution is 2.30. The second-order valence-electron chi connectivity index (χ2n) is 4.71. The number of carbonyl (C=O) groups excluding carboxylic acids is 1. The predicted molar refractivity (Wildman–Crippen MR) is 80.6 cm³/mol. The van der Waals surface area contributed by atoms with Gasteiger partial charge in [-0.2, -0.15) is 0 Å². The van der Waals surface area contributed by atoms with Crippen LogP contribution in [0.15, 0.2) is 45.5 Å². The van der Waals surface area contributed by atoms with Crippen molar-refractivity contribution in [3.63, 3.8) is 0 Å². The number of nitrogens with one attached hydrogen (secondary N) is 1. The molecule has 1 aromatic heterocycles. The highest BCUT2D eigenvalue weighted by atomic mass is 79.9. The molecule has 0 radical (unpaired) electrons. The number of carbonyl (C=O) groups is 1. The highest BCUT2D eigenvalue weighted by Gasteiger charge is 2.39. The van der Waals surface area contributed by atoms with E-state index < -0.39 is 11.5 Å². The lowest BCUT2D eigenvalue weighted by atomic mass is 9.98. The van der Waals surface area contributed by atoms with Crippen LogP contribution in [-0.2, 0) is 15.1 Å². The summed E-state index contributed by atoms with van der Waals surface area (Å²) in [4.78, 5) is 12.2. The van der Waals surface area contributed by atoms with Gasteiger partial charge >= 0.3 is 5.97 Å². The minimum Gasteiger partial charge on any atom is -0.467 e. The number of ether oxygens (including phenoxy) is 1. The number of furan rings is 1. The Morgan fingerprint density at radius 3 is 2.40 bits per heavy atom. The van der Waals surface area contributed by atoms with E-state index in [0.717, 1.165) is 11.3 Å². The van der Waals surface area contributed by atoms with Crippen LogP contribution in [0, 0.1) is 6.92 Å². The lowest BCUT2D eigenvalue weighted by Gasteiger charge is -2.27. The third-order valence-electron chi connectivity index (χ3n) is 3.11. The molecule has 0 spiro atoms. The zero-order valence-electron chi connectivity index (χ0n) is 11.6. The molecule has 1 heterocycles. The first-order chi connectivity index (χ1) is 9.45. The Morgan fingerprint density at radius 2 is 1.90 bits per heavy atom. The van der Waals surface area contributed by atoms with E-state index in [1.165, 1.54) is 7.11 Å². The molecular weight excluding hydrogens is 322 g/mol.